The first-order valence-corrected chi connectivity index (χ1v) is 6.87. The molecule has 20 heavy (non-hydrogen) atoms. The first-order chi connectivity index (χ1) is 9.45. The summed E-state index contributed by atoms with van der Waals surface area (Å²) in [6, 6.07) is 5.56. The maximum Gasteiger partial charge on any atom is 0.310 e. The molecule has 0 aliphatic carbocycles. The molecule has 3 unspecified atom stereocenters. The van der Waals surface area contributed by atoms with Gasteiger partial charge in [0.25, 0.3) is 0 Å². The largest absolute Gasteiger partial charge is 0.496 e. The fraction of sp³-hybridized carbons (Fsp3) is 0.533. The van der Waals surface area contributed by atoms with Crippen molar-refractivity contribution in [3.63, 3.8) is 0 Å². The van der Waals surface area contributed by atoms with Gasteiger partial charge in [-0.1, -0.05) is 26.0 Å². The minimum Gasteiger partial charge on any atom is -0.496 e. The minimum absolute atomic E-state index is 0.132. The number of carbonyl (C=O) groups is 1. The predicted molar refractivity (Wildman–Crippen MR) is 76.7 cm³/mol. The number of methoxy groups -OCH3 is 1. The van der Waals surface area contributed by atoms with Crippen LogP contribution in [-0.2, 0) is 4.79 Å². The summed E-state index contributed by atoms with van der Waals surface area (Å²) in [5.74, 6) is -0.193. The summed E-state index contributed by atoms with van der Waals surface area (Å²) >= 11 is 0. The van der Waals surface area contributed by atoms with E-state index < -0.39 is 11.9 Å². The molecule has 1 aromatic rings. The summed E-state index contributed by atoms with van der Waals surface area (Å²) < 4.78 is 5.45. The highest BCUT2D eigenvalue weighted by atomic mass is 16.5. The molecular formula is C15H22N2O3. The van der Waals surface area contributed by atoms with Gasteiger partial charge in [-0.2, -0.15) is 0 Å². The molecule has 2 rings (SSSR count). The van der Waals surface area contributed by atoms with E-state index in [1.807, 2.05) is 25.1 Å². The molecule has 0 aromatic heterocycles. The second kappa shape index (κ2) is 5.81. The van der Waals surface area contributed by atoms with E-state index >= 15 is 0 Å². The molecular weight excluding hydrogens is 256 g/mol. The van der Waals surface area contributed by atoms with Crippen LogP contribution in [0.5, 0.6) is 5.75 Å². The van der Waals surface area contributed by atoms with Crippen LogP contribution in [0.1, 0.15) is 43.9 Å². The molecule has 1 aromatic carbocycles. The van der Waals surface area contributed by atoms with Gasteiger partial charge >= 0.3 is 5.97 Å². The van der Waals surface area contributed by atoms with Gasteiger partial charge in [0.1, 0.15) is 5.75 Å². The fourth-order valence-electron chi connectivity index (χ4n) is 2.66. The van der Waals surface area contributed by atoms with Gasteiger partial charge in [0.15, 0.2) is 0 Å². The smallest absolute Gasteiger partial charge is 0.310 e. The van der Waals surface area contributed by atoms with Crippen molar-refractivity contribution in [3.05, 3.63) is 29.3 Å². The van der Waals surface area contributed by atoms with E-state index in [1.165, 1.54) is 5.56 Å². The van der Waals surface area contributed by atoms with Gasteiger partial charge in [-0.3, -0.25) is 10.2 Å². The average Bonchev–Trinajstić information content (AvgIpc) is 2.79. The lowest BCUT2D eigenvalue weighted by Crippen LogP contribution is -2.30. The number of nitrogens with one attached hydrogen (secondary N) is 2. The van der Waals surface area contributed by atoms with Crippen LogP contribution in [-0.4, -0.2) is 24.2 Å². The Labute approximate surface area is 119 Å². The van der Waals surface area contributed by atoms with Crippen LogP contribution < -0.4 is 15.6 Å². The number of hydrogen-bond acceptors (Lipinski definition) is 4. The summed E-state index contributed by atoms with van der Waals surface area (Å²) in [6.07, 6.45) is 0. The summed E-state index contributed by atoms with van der Waals surface area (Å²) in [6.45, 7) is 6.10. The zero-order chi connectivity index (χ0) is 14.9. The molecule has 0 amide bonds. The van der Waals surface area contributed by atoms with E-state index in [0.29, 0.717) is 5.92 Å². The van der Waals surface area contributed by atoms with Crippen molar-refractivity contribution in [2.24, 2.45) is 5.92 Å². The summed E-state index contributed by atoms with van der Waals surface area (Å²) in [4.78, 5) is 11.4. The Hall–Kier alpha value is -1.59. The van der Waals surface area contributed by atoms with Gasteiger partial charge in [0.05, 0.1) is 19.1 Å². The molecule has 1 fully saturated rings. The summed E-state index contributed by atoms with van der Waals surface area (Å²) in [5, 5.41) is 9.40. The van der Waals surface area contributed by atoms with Crippen molar-refractivity contribution in [3.8, 4) is 5.75 Å². The monoisotopic (exact) mass is 278 g/mol. The lowest BCUT2D eigenvalue weighted by atomic mass is 9.88. The zero-order valence-electron chi connectivity index (χ0n) is 12.3. The van der Waals surface area contributed by atoms with Crippen LogP contribution in [0, 0.1) is 5.92 Å². The third kappa shape index (κ3) is 2.64. The molecule has 5 heteroatoms. The van der Waals surface area contributed by atoms with E-state index in [0.717, 1.165) is 11.3 Å². The lowest BCUT2D eigenvalue weighted by Gasteiger charge is -2.20. The van der Waals surface area contributed by atoms with E-state index in [2.05, 4.69) is 24.7 Å². The highest BCUT2D eigenvalue weighted by Gasteiger charge is 2.40. The highest BCUT2D eigenvalue weighted by molar-refractivity contribution is 5.73. The molecule has 0 spiro atoms. The number of carboxylic acid groups (broad SMARTS) is 1. The van der Waals surface area contributed by atoms with Crippen LogP contribution in [0.15, 0.2) is 18.2 Å². The Bertz CT molecular complexity index is 502. The summed E-state index contributed by atoms with van der Waals surface area (Å²) in [7, 11) is 1.62. The predicted octanol–water partition coefficient (Wildman–Crippen LogP) is 2.06. The molecule has 0 radical (unpaired) electrons. The van der Waals surface area contributed by atoms with Crippen molar-refractivity contribution in [1.82, 2.24) is 10.9 Å². The molecule has 1 aliphatic heterocycles. The molecule has 1 heterocycles. The molecule has 5 nitrogen and oxygen atoms in total. The first kappa shape index (κ1) is 14.8. The van der Waals surface area contributed by atoms with Gasteiger partial charge in [0.2, 0.25) is 0 Å². The second-order valence-electron chi connectivity index (χ2n) is 5.58. The molecule has 0 saturated carbocycles. The third-order valence-corrected chi connectivity index (χ3v) is 3.91. The SMILES string of the molecule is COc1cc(C(C)C)ccc1C1NNC(C)C1C(=O)O. The number of ether oxygens (including phenoxy) is 1. The molecule has 1 aliphatic rings. The minimum atomic E-state index is -0.810. The lowest BCUT2D eigenvalue weighted by molar-refractivity contribution is -0.142. The van der Waals surface area contributed by atoms with Gasteiger partial charge in [-0.05, 0) is 24.5 Å². The third-order valence-electron chi connectivity index (χ3n) is 3.91. The van der Waals surface area contributed by atoms with E-state index in [-0.39, 0.29) is 12.1 Å². The topological polar surface area (TPSA) is 70.6 Å². The molecule has 110 valence electrons. The quantitative estimate of drug-likeness (QED) is 0.786. The molecule has 3 N–H and O–H groups in total. The van der Waals surface area contributed by atoms with Gasteiger partial charge in [0, 0.05) is 11.6 Å². The molecule has 1 saturated heterocycles. The Morgan fingerprint density at radius 1 is 1.35 bits per heavy atom. The van der Waals surface area contributed by atoms with Crippen molar-refractivity contribution in [1.29, 1.82) is 0 Å². The number of benzene rings is 1. The van der Waals surface area contributed by atoms with Crippen molar-refractivity contribution in [2.75, 3.05) is 7.11 Å². The number of aliphatic carboxylic acids is 1. The van der Waals surface area contributed by atoms with Crippen LogP contribution in [0.25, 0.3) is 0 Å². The Kier molecular flexibility index (Phi) is 4.30. The van der Waals surface area contributed by atoms with E-state index in [4.69, 9.17) is 4.74 Å². The zero-order valence-corrected chi connectivity index (χ0v) is 12.3. The Morgan fingerprint density at radius 2 is 2.05 bits per heavy atom. The van der Waals surface area contributed by atoms with Crippen molar-refractivity contribution < 1.29 is 14.6 Å². The normalized spacial score (nSPS) is 25.9. The second-order valence-corrected chi connectivity index (χ2v) is 5.58. The van der Waals surface area contributed by atoms with Gasteiger partial charge < -0.3 is 9.84 Å². The molecule has 3 atom stereocenters. The Morgan fingerprint density at radius 3 is 2.60 bits per heavy atom. The van der Waals surface area contributed by atoms with Crippen molar-refractivity contribution in [2.45, 2.75) is 38.8 Å². The summed E-state index contributed by atoms with van der Waals surface area (Å²) in [5.41, 5.74) is 8.12. The van der Waals surface area contributed by atoms with Crippen molar-refractivity contribution >= 4 is 5.97 Å². The van der Waals surface area contributed by atoms with Crippen LogP contribution >= 0.6 is 0 Å². The van der Waals surface area contributed by atoms with Crippen LogP contribution in [0.4, 0.5) is 0 Å². The van der Waals surface area contributed by atoms with E-state index in [9.17, 15) is 9.90 Å². The van der Waals surface area contributed by atoms with Gasteiger partial charge in [-0.25, -0.2) is 5.43 Å². The Balaban J connectivity index is 2.39. The van der Waals surface area contributed by atoms with Crippen LogP contribution in [0.3, 0.4) is 0 Å². The number of rotatable bonds is 4. The first-order valence-electron chi connectivity index (χ1n) is 6.87. The average molecular weight is 278 g/mol. The number of carboxylic acids is 1. The number of hydrazine groups is 1. The molecule has 0 bridgehead atoms. The fourth-order valence-corrected chi connectivity index (χ4v) is 2.66. The standard InChI is InChI=1S/C15H22N2O3/c1-8(2)10-5-6-11(12(7-10)20-4)14-13(15(18)19)9(3)16-17-14/h5-9,13-14,16-17H,1-4H3,(H,18,19). The number of hydrogen-bond donors (Lipinski definition) is 3. The maximum absolute atomic E-state index is 11.4. The van der Waals surface area contributed by atoms with Crippen LogP contribution in [0.2, 0.25) is 0 Å². The van der Waals surface area contributed by atoms with Gasteiger partial charge in [-0.15, -0.1) is 0 Å². The van der Waals surface area contributed by atoms with E-state index in [1.54, 1.807) is 7.11 Å². The highest BCUT2D eigenvalue weighted by Crippen LogP contribution is 2.36. The maximum atomic E-state index is 11.4.